The van der Waals surface area contributed by atoms with E-state index in [-0.39, 0.29) is 0 Å². The fraction of sp³-hybridized carbons (Fsp3) is 0.0588. The zero-order valence-corrected chi connectivity index (χ0v) is 15.8. The van der Waals surface area contributed by atoms with Gasteiger partial charge in [-0.1, -0.05) is 41.9 Å². The van der Waals surface area contributed by atoms with Gasteiger partial charge >= 0.3 is 0 Å². The predicted octanol–water partition coefficient (Wildman–Crippen LogP) is 5.68. The molecule has 0 amide bonds. The van der Waals surface area contributed by atoms with E-state index in [9.17, 15) is 0 Å². The Hall–Kier alpha value is -1.89. The van der Waals surface area contributed by atoms with E-state index in [0.717, 1.165) is 15.7 Å². The lowest BCUT2D eigenvalue weighted by molar-refractivity contribution is 0.414. The third kappa shape index (κ3) is 3.77. The second-order valence-electron chi connectivity index (χ2n) is 4.75. The maximum absolute atomic E-state index is 6.28. The van der Waals surface area contributed by atoms with Gasteiger partial charge in [-0.3, -0.25) is 5.43 Å². The minimum atomic E-state index is 0.545. The zero-order chi connectivity index (χ0) is 16.9. The molecule has 4 nitrogen and oxygen atoms in total. The van der Waals surface area contributed by atoms with Crippen molar-refractivity contribution in [2.75, 3.05) is 12.5 Å². The highest BCUT2D eigenvalue weighted by Gasteiger charge is 2.09. The predicted molar refractivity (Wildman–Crippen MR) is 104 cm³/mol. The van der Waals surface area contributed by atoms with Crippen molar-refractivity contribution in [3.63, 3.8) is 0 Å². The van der Waals surface area contributed by atoms with Crippen LogP contribution >= 0.6 is 38.9 Å². The second kappa shape index (κ2) is 7.79. The third-order valence-corrected chi connectivity index (χ3v) is 5.28. The highest BCUT2D eigenvalue weighted by atomic mass is 79.9. The van der Waals surface area contributed by atoms with Gasteiger partial charge in [0, 0.05) is 15.4 Å². The molecule has 0 aliphatic rings. The van der Waals surface area contributed by atoms with E-state index >= 15 is 0 Å². The van der Waals surface area contributed by atoms with Crippen molar-refractivity contribution < 1.29 is 4.74 Å². The maximum Gasteiger partial charge on any atom is 0.203 e. The van der Waals surface area contributed by atoms with Crippen LogP contribution in [0.2, 0.25) is 5.02 Å². The quantitative estimate of drug-likeness (QED) is 0.425. The fourth-order valence-electron chi connectivity index (χ4n) is 2.07. The van der Waals surface area contributed by atoms with Crippen LogP contribution in [0.3, 0.4) is 0 Å². The van der Waals surface area contributed by atoms with Crippen molar-refractivity contribution >= 4 is 50.2 Å². The summed E-state index contributed by atoms with van der Waals surface area (Å²) in [6.07, 6.45) is 1.62. The lowest BCUT2D eigenvalue weighted by atomic mass is 10.2. The minimum absolute atomic E-state index is 0.545. The lowest BCUT2D eigenvalue weighted by Crippen LogP contribution is -1.95. The van der Waals surface area contributed by atoms with Gasteiger partial charge < -0.3 is 4.74 Å². The van der Waals surface area contributed by atoms with Gasteiger partial charge in [-0.15, -0.1) is 11.3 Å². The summed E-state index contributed by atoms with van der Waals surface area (Å²) in [4.78, 5) is 4.51. The molecular formula is C17H13BrClN3OS. The third-order valence-electron chi connectivity index (χ3n) is 3.24. The molecular weight excluding hydrogens is 410 g/mol. The monoisotopic (exact) mass is 421 g/mol. The second-order valence-corrected chi connectivity index (χ2v) is 6.84. The number of hydrazone groups is 1. The number of hydrogen-bond acceptors (Lipinski definition) is 5. The number of nitrogens with one attached hydrogen (secondary N) is 1. The minimum Gasteiger partial charge on any atom is -0.496 e. The van der Waals surface area contributed by atoms with Gasteiger partial charge in [0.05, 0.1) is 29.6 Å². The molecule has 0 spiro atoms. The van der Waals surface area contributed by atoms with E-state index in [2.05, 4.69) is 31.4 Å². The molecule has 7 heteroatoms. The lowest BCUT2D eigenvalue weighted by Gasteiger charge is -2.07. The number of ether oxygens (including phenoxy) is 1. The Bertz CT molecular complexity index is 868. The van der Waals surface area contributed by atoms with Gasteiger partial charge in [-0.2, -0.15) is 5.10 Å². The van der Waals surface area contributed by atoms with Gasteiger partial charge in [0.15, 0.2) is 0 Å². The molecule has 3 aromatic rings. The largest absolute Gasteiger partial charge is 0.496 e. The highest BCUT2D eigenvalue weighted by Crippen LogP contribution is 2.32. The molecule has 0 aliphatic carbocycles. The van der Waals surface area contributed by atoms with Gasteiger partial charge in [-0.05, 0) is 28.1 Å². The summed E-state index contributed by atoms with van der Waals surface area (Å²) in [5.74, 6) is 0.651. The maximum atomic E-state index is 6.28. The summed E-state index contributed by atoms with van der Waals surface area (Å²) < 4.78 is 6.09. The molecule has 0 fully saturated rings. The zero-order valence-electron chi connectivity index (χ0n) is 12.7. The molecule has 1 N–H and O–H groups in total. The smallest absolute Gasteiger partial charge is 0.203 e. The molecule has 0 saturated heterocycles. The van der Waals surface area contributed by atoms with Crippen LogP contribution in [0.15, 0.2) is 57.4 Å². The summed E-state index contributed by atoms with van der Waals surface area (Å²) in [6.45, 7) is 0. The van der Waals surface area contributed by atoms with E-state index in [0.29, 0.717) is 21.5 Å². The van der Waals surface area contributed by atoms with Crippen molar-refractivity contribution in [2.45, 2.75) is 0 Å². The van der Waals surface area contributed by atoms with Gasteiger partial charge in [0.1, 0.15) is 5.75 Å². The van der Waals surface area contributed by atoms with Crippen molar-refractivity contribution in [2.24, 2.45) is 5.10 Å². The number of benzene rings is 2. The molecule has 0 unspecified atom stereocenters. The van der Waals surface area contributed by atoms with Crippen LogP contribution in [0.1, 0.15) is 5.56 Å². The Morgan fingerprint density at radius 2 is 2.04 bits per heavy atom. The number of aromatic nitrogens is 1. The summed E-state index contributed by atoms with van der Waals surface area (Å²) in [7, 11) is 1.59. The van der Waals surface area contributed by atoms with E-state index < -0.39 is 0 Å². The first kappa shape index (κ1) is 17.0. The topological polar surface area (TPSA) is 46.5 Å². The number of rotatable bonds is 5. The molecule has 122 valence electrons. The van der Waals surface area contributed by atoms with Crippen LogP contribution in [-0.2, 0) is 0 Å². The van der Waals surface area contributed by atoms with E-state index in [4.69, 9.17) is 16.3 Å². The Morgan fingerprint density at radius 1 is 1.25 bits per heavy atom. The van der Waals surface area contributed by atoms with E-state index in [1.807, 2.05) is 47.8 Å². The van der Waals surface area contributed by atoms with Crippen molar-refractivity contribution in [3.05, 3.63) is 62.9 Å². The number of nitrogens with zero attached hydrogens (tertiary/aromatic N) is 2. The first-order chi connectivity index (χ1) is 11.7. The molecule has 3 rings (SSSR count). The van der Waals surface area contributed by atoms with Gasteiger partial charge in [-0.25, -0.2) is 4.98 Å². The van der Waals surface area contributed by atoms with Crippen LogP contribution < -0.4 is 10.2 Å². The van der Waals surface area contributed by atoms with Gasteiger partial charge in [0.25, 0.3) is 0 Å². The molecule has 0 atom stereocenters. The molecule has 1 aromatic heterocycles. The Morgan fingerprint density at radius 3 is 2.79 bits per heavy atom. The van der Waals surface area contributed by atoms with E-state index in [1.54, 1.807) is 13.3 Å². The molecule has 24 heavy (non-hydrogen) atoms. The Labute approximate surface area is 157 Å². The average Bonchev–Trinajstić information content (AvgIpc) is 3.08. The molecule has 0 radical (unpaired) electrons. The summed E-state index contributed by atoms with van der Waals surface area (Å²) in [6, 6.07) is 13.7. The normalized spacial score (nSPS) is 11.0. The molecule has 0 bridgehead atoms. The van der Waals surface area contributed by atoms with E-state index in [1.165, 1.54) is 11.3 Å². The summed E-state index contributed by atoms with van der Waals surface area (Å²) in [5, 5.41) is 7.45. The van der Waals surface area contributed by atoms with Crippen LogP contribution in [-0.4, -0.2) is 18.3 Å². The average molecular weight is 423 g/mol. The van der Waals surface area contributed by atoms with Crippen LogP contribution in [0.5, 0.6) is 5.75 Å². The van der Waals surface area contributed by atoms with Crippen molar-refractivity contribution in [1.82, 2.24) is 4.98 Å². The molecule has 2 aromatic carbocycles. The van der Waals surface area contributed by atoms with Crippen molar-refractivity contribution in [3.8, 4) is 17.0 Å². The van der Waals surface area contributed by atoms with Crippen LogP contribution in [0.25, 0.3) is 11.3 Å². The van der Waals surface area contributed by atoms with Crippen molar-refractivity contribution in [1.29, 1.82) is 0 Å². The first-order valence-corrected chi connectivity index (χ1v) is 9.06. The Balaban J connectivity index is 1.76. The van der Waals surface area contributed by atoms with Crippen LogP contribution in [0.4, 0.5) is 5.13 Å². The molecule has 1 heterocycles. The number of anilines is 1. The number of hydrogen-bond donors (Lipinski definition) is 1. The van der Waals surface area contributed by atoms with Crippen LogP contribution in [0, 0.1) is 0 Å². The number of methoxy groups -OCH3 is 1. The first-order valence-electron chi connectivity index (χ1n) is 7.01. The molecule has 0 saturated carbocycles. The fourth-order valence-corrected chi connectivity index (χ4v) is 3.28. The highest BCUT2D eigenvalue weighted by molar-refractivity contribution is 9.10. The summed E-state index contributed by atoms with van der Waals surface area (Å²) >= 11 is 11.2. The number of halogens is 2. The SMILES string of the molecule is COc1ccc(Br)c(Cl)c1C=NNc1nc(-c2ccccc2)cs1. The summed E-state index contributed by atoms with van der Waals surface area (Å²) in [5.41, 5.74) is 5.61. The molecule has 0 aliphatic heterocycles. The number of thiazole rings is 1. The van der Waals surface area contributed by atoms with Gasteiger partial charge in [0.2, 0.25) is 5.13 Å². The Kier molecular flexibility index (Phi) is 5.50. The standard InChI is InChI=1S/C17H13BrClN3OS/c1-23-15-8-7-13(18)16(19)12(15)9-20-22-17-21-14(10-24-17)11-5-3-2-4-6-11/h2-10H,1H3,(H,21,22).